The molecule has 5 nitrogen and oxygen atoms in total. The van der Waals surface area contributed by atoms with E-state index >= 15 is 0 Å². The summed E-state index contributed by atoms with van der Waals surface area (Å²) in [5, 5.41) is 4.51. The van der Waals surface area contributed by atoms with E-state index < -0.39 is 23.4 Å². The molecule has 0 heterocycles. The molecule has 2 aromatic carbocycles. The summed E-state index contributed by atoms with van der Waals surface area (Å²) in [6, 6.07) is 9.69. The molecular formula is C18H18F2N2O3. The molecule has 2 aromatic rings. The first-order valence-corrected chi connectivity index (χ1v) is 7.65. The smallest absolute Gasteiger partial charge is 0.313 e. The van der Waals surface area contributed by atoms with Gasteiger partial charge >= 0.3 is 11.8 Å². The summed E-state index contributed by atoms with van der Waals surface area (Å²) in [6.45, 7) is 3.95. The molecule has 0 radical (unpaired) electrons. The van der Waals surface area contributed by atoms with Gasteiger partial charge in [0.25, 0.3) is 0 Å². The van der Waals surface area contributed by atoms with Gasteiger partial charge in [-0.25, -0.2) is 8.78 Å². The van der Waals surface area contributed by atoms with E-state index in [4.69, 9.17) is 4.74 Å². The van der Waals surface area contributed by atoms with Gasteiger partial charge < -0.3 is 15.4 Å². The van der Waals surface area contributed by atoms with E-state index in [0.717, 1.165) is 17.7 Å². The van der Waals surface area contributed by atoms with Crippen molar-refractivity contribution >= 4 is 17.5 Å². The Morgan fingerprint density at radius 1 is 1.04 bits per heavy atom. The second-order valence-electron chi connectivity index (χ2n) is 5.57. The normalized spacial score (nSPS) is 10.4. The number of benzene rings is 2. The number of ether oxygens (including phenoxy) is 1. The molecule has 0 fully saturated rings. The molecule has 0 atom stereocenters. The van der Waals surface area contributed by atoms with E-state index in [-0.39, 0.29) is 18.3 Å². The number of carbonyl (C=O) groups is 2. The Balaban J connectivity index is 1.87. The zero-order valence-electron chi connectivity index (χ0n) is 13.8. The minimum Gasteiger partial charge on any atom is -0.491 e. The van der Waals surface area contributed by atoms with Gasteiger partial charge in [0.05, 0.1) is 11.8 Å². The number of nitrogens with one attached hydrogen (secondary N) is 2. The van der Waals surface area contributed by atoms with Gasteiger partial charge in [-0.05, 0) is 43.7 Å². The lowest BCUT2D eigenvalue weighted by Gasteiger charge is -2.10. The van der Waals surface area contributed by atoms with Crippen LogP contribution in [-0.2, 0) is 16.1 Å². The Morgan fingerprint density at radius 2 is 1.72 bits per heavy atom. The summed E-state index contributed by atoms with van der Waals surface area (Å²) in [7, 11) is 0. The highest BCUT2D eigenvalue weighted by atomic mass is 19.1. The quantitative estimate of drug-likeness (QED) is 0.816. The summed E-state index contributed by atoms with van der Waals surface area (Å²) in [6.07, 6.45) is 0.0566. The lowest BCUT2D eigenvalue weighted by Crippen LogP contribution is -2.35. The Labute approximate surface area is 144 Å². The highest BCUT2D eigenvalue weighted by Gasteiger charge is 2.15. The predicted molar refractivity (Wildman–Crippen MR) is 89.0 cm³/mol. The van der Waals surface area contributed by atoms with Gasteiger partial charge in [-0.2, -0.15) is 0 Å². The molecular weight excluding hydrogens is 330 g/mol. The summed E-state index contributed by atoms with van der Waals surface area (Å²) in [4.78, 5) is 23.5. The first-order chi connectivity index (χ1) is 11.8. The number of anilines is 1. The molecule has 0 saturated heterocycles. The Bertz CT molecular complexity index is 761. The molecule has 7 heteroatoms. The number of hydrogen-bond acceptors (Lipinski definition) is 3. The second kappa shape index (κ2) is 8.23. The van der Waals surface area contributed by atoms with Crippen LogP contribution in [0.15, 0.2) is 42.5 Å². The molecule has 2 rings (SSSR count). The molecule has 0 aliphatic carbocycles. The average molecular weight is 348 g/mol. The largest absolute Gasteiger partial charge is 0.491 e. The molecule has 0 aliphatic heterocycles. The third kappa shape index (κ3) is 5.56. The number of hydrogen-bond donors (Lipinski definition) is 2. The van der Waals surface area contributed by atoms with Gasteiger partial charge in [0.1, 0.15) is 17.4 Å². The molecule has 0 saturated carbocycles. The van der Waals surface area contributed by atoms with Crippen molar-refractivity contribution in [3.05, 3.63) is 59.7 Å². The van der Waals surface area contributed by atoms with Crippen molar-refractivity contribution in [1.82, 2.24) is 5.32 Å². The van der Waals surface area contributed by atoms with Crippen LogP contribution in [-0.4, -0.2) is 17.9 Å². The Kier molecular flexibility index (Phi) is 6.05. The maximum Gasteiger partial charge on any atom is 0.313 e. The average Bonchev–Trinajstić information content (AvgIpc) is 2.56. The Hall–Kier alpha value is -2.96. The van der Waals surface area contributed by atoms with Crippen molar-refractivity contribution < 1.29 is 23.1 Å². The van der Waals surface area contributed by atoms with E-state index in [1.807, 2.05) is 13.8 Å². The fourth-order valence-electron chi connectivity index (χ4n) is 1.99. The number of amides is 2. The minimum absolute atomic E-state index is 0.0566. The van der Waals surface area contributed by atoms with Gasteiger partial charge in [0, 0.05) is 12.6 Å². The minimum atomic E-state index is -1.04. The van der Waals surface area contributed by atoms with Crippen LogP contribution in [0.2, 0.25) is 0 Å². The van der Waals surface area contributed by atoms with Gasteiger partial charge in [-0.1, -0.05) is 12.1 Å². The van der Waals surface area contributed by atoms with Crippen molar-refractivity contribution in [1.29, 1.82) is 0 Å². The van der Waals surface area contributed by atoms with Crippen LogP contribution in [0.3, 0.4) is 0 Å². The lowest BCUT2D eigenvalue weighted by atomic mass is 10.2. The summed E-state index contributed by atoms with van der Waals surface area (Å²) in [5.41, 5.74) is 0.502. The van der Waals surface area contributed by atoms with E-state index in [1.165, 1.54) is 0 Å². The van der Waals surface area contributed by atoms with Crippen molar-refractivity contribution in [2.24, 2.45) is 0 Å². The highest BCUT2D eigenvalue weighted by Crippen LogP contribution is 2.15. The molecule has 0 bridgehead atoms. The lowest BCUT2D eigenvalue weighted by molar-refractivity contribution is -0.136. The monoisotopic (exact) mass is 348 g/mol. The number of rotatable bonds is 5. The molecule has 25 heavy (non-hydrogen) atoms. The Morgan fingerprint density at radius 3 is 2.32 bits per heavy atom. The molecule has 132 valence electrons. The SMILES string of the molecule is CC(C)Oc1ccc(CNC(=O)C(=O)Nc2ccc(F)cc2F)cc1. The summed E-state index contributed by atoms with van der Waals surface area (Å²) < 4.78 is 31.8. The standard InChI is InChI=1S/C18H18F2N2O3/c1-11(2)25-14-6-3-12(4-7-14)10-21-17(23)18(24)22-16-8-5-13(19)9-15(16)20/h3-9,11H,10H2,1-2H3,(H,21,23)(H,22,24). The van der Waals surface area contributed by atoms with Crippen molar-refractivity contribution in [2.75, 3.05) is 5.32 Å². The van der Waals surface area contributed by atoms with Crippen molar-refractivity contribution in [3.63, 3.8) is 0 Å². The fourth-order valence-corrected chi connectivity index (χ4v) is 1.99. The first-order valence-electron chi connectivity index (χ1n) is 7.65. The number of halogens is 2. The molecule has 0 aliphatic rings. The van der Waals surface area contributed by atoms with E-state index in [1.54, 1.807) is 24.3 Å². The van der Waals surface area contributed by atoms with Crippen molar-refractivity contribution in [3.8, 4) is 5.75 Å². The van der Waals surface area contributed by atoms with E-state index in [9.17, 15) is 18.4 Å². The topological polar surface area (TPSA) is 67.4 Å². The zero-order chi connectivity index (χ0) is 18.4. The second-order valence-corrected chi connectivity index (χ2v) is 5.57. The molecule has 0 aromatic heterocycles. The van der Waals surface area contributed by atoms with Gasteiger partial charge in [0.2, 0.25) is 0 Å². The van der Waals surface area contributed by atoms with Crippen LogP contribution < -0.4 is 15.4 Å². The van der Waals surface area contributed by atoms with Gasteiger partial charge in [-0.15, -0.1) is 0 Å². The van der Waals surface area contributed by atoms with Gasteiger partial charge in [-0.3, -0.25) is 9.59 Å². The molecule has 2 N–H and O–H groups in total. The van der Waals surface area contributed by atoms with Crippen LogP contribution >= 0.6 is 0 Å². The van der Waals surface area contributed by atoms with Crippen LogP contribution in [0.5, 0.6) is 5.75 Å². The molecule has 0 spiro atoms. The molecule has 0 unspecified atom stereocenters. The van der Waals surface area contributed by atoms with Crippen LogP contribution in [0, 0.1) is 11.6 Å². The summed E-state index contributed by atoms with van der Waals surface area (Å²) in [5.74, 6) is -2.99. The van der Waals surface area contributed by atoms with Crippen LogP contribution in [0.25, 0.3) is 0 Å². The maximum atomic E-state index is 13.5. The number of carbonyl (C=O) groups excluding carboxylic acids is 2. The van der Waals surface area contributed by atoms with Crippen LogP contribution in [0.1, 0.15) is 19.4 Å². The summed E-state index contributed by atoms with van der Waals surface area (Å²) >= 11 is 0. The molecule has 2 amide bonds. The first kappa shape index (κ1) is 18.4. The van der Waals surface area contributed by atoms with Gasteiger partial charge in [0.15, 0.2) is 0 Å². The highest BCUT2D eigenvalue weighted by molar-refractivity contribution is 6.39. The zero-order valence-corrected chi connectivity index (χ0v) is 13.8. The van der Waals surface area contributed by atoms with Crippen molar-refractivity contribution in [2.45, 2.75) is 26.5 Å². The van der Waals surface area contributed by atoms with E-state index in [2.05, 4.69) is 10.6 Å². The van der Waals surface area contributed by atoms with E-state index in [0.29, 0.717) is 11.8 Å². The predicted octanol–water partition coefficient (Wildman–Crippen LogP) is 3.01. The third-order valence-electron chi connectivity index (χ3n) is 3.13. The third-order valence-corrected chi connectivity index (χ3v) is 3.13. The van der Waals surface area contributed by atoms with Crippen LogP contribution in [0.4, 0.5) is 14.5 Å². The maximum absolute atomic E-state index is 13.5. The fraction of sp³-hybridized carbons (Fsp3) is 0.222.